The molecule has 1 saturated carbocycles. The van der Waals surface area contributed by atoms with E-state index in [1.807, 2.05) is 0 Å². The van der Waals surface area contributed by atoms with Gasteiger partial charge in [-0.15, -0.1) is 0 Å². The number of amides is 2. The van der Waals surface area contributed by atoms with E-state index in [9.17, 15) is 4.79 Å². The van der Waals surface area contributed by atoms with Gasteiger partial charge in [-0.25, -0.2) is 4.79 Å². The molecule has 6 heteroatoms. The summed E-state index contributed by atoms with van der Waals surface area (Å²) in [5, 5.41) is 10.9. The molecule has 4 N–H and O–H groups in total. The summed E-state index contributed by atoms with van der Waals surface area (Å²) in [4.78, 5) is 14.0. The number of hydrogen-bond donors (Lipinski definition) is 3. The zero-order valence-corrected chi connectivity index (χ0v) is 11.4. The van der Waals surface area contributed by atoms with Gasteiger partial charge in [-0.05, 0) is 12.8 Å². The normalized spacial score (nSPS) is 23.5. The molecule has 19 heavy (non-hydrogen) atoms. The molecule has 2 fully saturated rings. The fourth-order valence-corrected chi connectivity index (χ4v) is 2.84. The van der Waals surface area contributed by atoms with Gasteiger partial charge in [-0.2, -0.15) is 0 Å². The van der Waals surface area contributed by atoms with Crippen LogP contribution < -0.4 is 11.1 Å². The Labute approximate surface area is 114 Å². The molecule has 0 aromatic carbocycles. The Hall–Kier alpha value is -1.30. The predicted molar refractivity (Wildman–Crippen MR) is 73.3 cm³/mol. The fourth-order valence-electron chi connectivity index (χ4n) is 2.84. The van der Waals surface area contributed by atoms with E-state index in [1.54, 1.807) is 4.90 Å². The number of morpholine rings is 1. The summed E-state index contributed by atoms with van der Waals surface area (Å²) in [6.07, 6.45) is 5.90. The van der Waals surface area contributed by atoms with Crippen LogP contribution in [0.1, 0.15) is 38.5 Å². The van der Waals surface area contributed by atoms with Crippen LogP contribution in [0.3, 0.4) is 0 Å². The molecule has 2 amide bonds. The van der Waals surface area contributed by atoms with Gasteiger partial charge in [0.1, 0.15) is 5.84 Å². The minimum atomic E-state index is -0.633. The van der Waals surface area contributed by atoms with Gasteiger partial charge in [0.2, 0.25) is 0 Å². The van der Waals surface area contributed by atoms with Crippen LogP contribution in [-0.2, 0) is 4.74 Å². The lowest BCUT2D eigenvalue weighted by Crippen LogP contribution is -2.60. The quantitative estimate of drug-likeness (QED) is 0.397. The third-order valence-corrected chi connectivity index (χ3v) is 4.12. The van der Waals surface area contributed by atoms with E-state index in [0.29, 0.717) is 26.3 Å². The van der Waals surface area contributed by atoms with E-state index >= 15 is 0 Å². The molecule has 0 spiro atoms. The van der Waals surface area contributed by atoms with E-state index in [1.165, 1.54) is 0 Å². The van der Waals surface area contributed by atoms with E-state index in [0.717, 1.165) is 38.5 Å². The molecule has 0 aromatic heterocycles. The average molecular weight is 268 g/mol. The number of nitrogens with two attached hydrogens (primary N) is 1. The molecule has 1 heterocycles. The Morgan fingerprint density at radius 2 is 1.74 bits per heavy atom. The summed E-state index contributed by atoms with van der Waals surface area (Å²) < 4.78 is 5.24. The number of rotatable bonds is 2. The van der Waals surface area contributed by atoms with Gasteiger partial charge in [-0.1, -0.05) is 25.7 Å². The maximum absolute atomic E-state index is 12.3. The van der Waals surface area contributed by atoms with Crippen molar-refractivity contribution in [1.29, 1.82) is 5.41 Å². The van der Waals surface area contributed by atoms with Gasteiger partial charge in [0.25, 0.3) is 0 Å². The van der Waals surface area contributed by atoms with E-state index in [-0.39, 0.29) is 11.9 Å². The Kier molecular flexibility index (Phi) is 4.63. The zero-order valence-electron chi connectivity index (χ0n) is 11.4. The molecule has 2 rings (SSSR count). The Morgan fingerprint density at radius 3 is 2.26 bits per heavy atom. The first-order valence-corrected chi connectivity index (χ1v) is 7.13. The van der Waals surface area contributed by atoms with Crippen molar-refractivity contribution in [3.05, 3.63) is 0 Å². The van der Waals surface area contributed by atoms with Crippen LogP contribution in [0.4, 0.5) is 4.79 Å². The number of ether oxygens (including phenoxy) is 1. The van der Waals surface area contributed by atoms with Crippen molar-refractivity contribution in [2.24, 2.45) is 5.73 Å². The molecule has 6 nitrogen and oxygen atoms in total. The number of nitrogens with one attached hydrogen (secondary N) is 2. The van der Waals surface area contributed by atoms with Gasteiger partial charge in [0, 0.05) is 13.1 Å². The maximum Gasteiger partial charge on any atom is 0.318 e. The minimum Gasteiger partial charge on any atom is -0.386 e. The van der Waals surface area contributed by atoms with Gasteiger partial charge in [0.15, 0.2) is 0 Å². The van der Waals surface area contributed by atoms with Gasteiger partial charge < -0.3 is 20.7 Å². The van der Waals surface area contributed by atoms with Crippen molar-refractivity contribution in [3.63, 3.8) is 0 Å². The Morgan fingerprint density at radius 1 is 1.16 bits per heavy atom. The number of hydrogen-bond acceptors (Lipinski definition) is 3. The lowest BCUT2D eigenvalue weighted by molar-refractivity contribution is 0.0516. The topological polar surface area (TPSA) is 91.4 Å². The molecular weight excluding hydrogens is 244 g/mol. The summed E-state index contributed by atoms with van der Waals surface area (Å²) in [6, 6.07) is -0.111. The largest absolute Gasteiger partial charge is 0.386 e. The lowest BCUT2D eigenvalue weighted by Gasteiger charge is -2.36. The monoisotopic (exact) mass is 268 g/mol. The number of urea groups is 1. The van der Waals surface area contributed by atoms with Gasteiger partial charge in [0.05, 0.1) is 18.8 Å². The summed E-state index contributed by atoms with van der Waals surface area (Å²) >= 11 is 0. The molecular formula is C13H24N4O2. The fraction of sp³-hybridized carbons (Fsp3) is 0.846. The van der Waals surface area contributed by atoms with E-state index in [2.05, 4.69) is 5.32 Å². The highest BCUT2D eigenvalue weighted by Crippen LogP contribution is 2.27. The third-order valence-electron chi connectivity index (χ3n) is 4.12. The smallest absolute Gasteiger partial charge is 0.318 e. The minimum absolute atomic E-state index is 0.0935. The van der Waals surface area contributed by atoms with E-state index < -0.39 is 5.54 Å². The second kappa shape index (κ2) is 6.23. The molecule has 108 valence electrons. The van der Waals surface area contributed by atoms with Crippen LogP contribution in [0.15, 0.2) is 0 Å². The van der Waals surface area contributed by atoms with Crippen LogP contribution in [-0.4, -0.2) is 48.6 Å². The molecule has 0 unspecified atom stereocenters. The molecule has 0 bridgehead atoms. The van der Waals surface area contributed by atoms with Crippen molar-refractivity contribution >= 4 is 11.9 Å². The standard InChI is InChI=1S/C13H24N4O2/c14-11(15)13(5-3-1-2-4-6-13)16-12(18)17-7-9-19-10-8-17/h1-10H2,(H3,14,15)(H,16,18). The first-order chi connectivity index (χ1) is 9.14. The Balaban J connectivity index is 2.02. The highest BCUT2D eigenvalue weighted by molar-refractivity contribution is 5.91. The molecule has 1 saturated heterocycles. The van der Waals surface area contributed by atoms with E-state index in [4.69, 9.17) is 15.9 Å². The molecule has 2 aliphatic rings. The number of carbonyl (C=O) groups excluding carboxylic acids is 1. The molecule has 1 aliphatic heterocycles. The number of nitrogens with zero attached hydrogens (tertiary/aromatic N) is 1. The second-order valence-corrected chi connectivity index (χ2v) is 5.44. The summed E-state index contributed by atoms with van der Waals surface area (Å²) in [5.74, 6) is 0.0935. The summed E-state index contributed by atoms with van der Waals surface area (Å²) in [7, 11) is 0. The summed E-state index contributed by atoms with van der Waals surface area (Å²) in [6.45, 7) is 2.39. The molecule has 0 radical (unpaired) electrons. The van der Waals surface area contributed by atoms with Crippen molar-refractivity contribution < 1.29 is 9.53 Å². The number of carbonyl (C=O) groups is 1. The highest BCUT2D eigenvalue weighted by Gasteiger charge is 2.37. The lowest BCUT2D eigenvalue weighted by atomic mass is 9.89. The second-order valence-electron chi connectivity index (χ2n) is 5.44. The predicted octanol–water partition coefficient (Wildman–Crippen LogP) is 1.06. The average Bonchev–Trinajstić information content (AvgIpc) is 2.66. The Bertz CT molecular complexity index is 332. The first kappa shape index (κ1) is 14.1. The van der Waals surface area contributed by atoms with Crippen molar-refractivity contribution in [2.45, 2.75) is 44.1 Å². The van der Waals surface area contributed by atoms with Gasteiger partial charge >= 0.3 is 6.03 Å². The summed E-state index contributed by atoms with van der Waals surface area (Å²) in [5.41, 5.74) is 5.14. The molecule has 0 atom stereocenters. The van der Waals surface area contributed by atoms with Crippen LogP contribution in [0.25, 0.3) is 0 Å². The molecule has 0 aromatic rings. The SMILES string of the molecule is N=C(N)C1(NC(=O)N2CCOCC2)CCCCCC1. The van der Waals surface area contributed by atoms with Crippen LogP contribution >= 0.6 is 0 Å². The van der Waals surface area contributed by atoms with Crippen molar-refractivity contribution in [3.8, 4) is 0 Å². The third kappa shape index (κ3) is 3.37. The van der Waals surface area contributed by atoms with Crippen LogP contribution in [0.5, 0.6) is 0 Å². The maximum atomic E-state index is 12.3. The van der Waals surface area contributed by atoms with Crippen LogP contribution in [0.2, 0.25) is 0 Å². The van der Waals surface area contributed by atoms with Gasteiger partial charge in [-0.3, -0.25) is 5.41 Å². The zero-order chi connectivity index (χ0) is 13.7. The first-order valence-electron chi connectivity index (χ1n) is 7.13. The highest BCUT2D eigenvalue weighted by atomic mass is 16.5. The van der Waals surface area contributed by atoms with Crippen molar-refractivity contribution in [2.75, 3.05) is 26.3 Å². The van der Waals surface area contributed by atoms with Crippen molar-refractivity contribution in [1.82, 2.24) is 10.2 Å². The van der Waals surface area contributed by atoms with Crippen LogP contribution in [0, 0.1) is 5.41 Å². The molecule has 1 aliphatic carbocycles. The number of amidine groups is 1.